The number of rotatable bonds is 6. The van der Waals surface area contributed by atoms with Gasteiger partial charge in [0, 0.05) is 11.3 Å². The third-order valence-electron chi connectivity index (χ3n) is 7.59. The van der Waals surface area contributed by atoms with E-state index >= 15 is 0 Å². The number of hydrogen-bond donors (Lipinski definition) is 0. The first-order valence-corrected chi connectivity index (χ1v) is 12.9. The van der Waals surface area contributed by atoms with Gasteiger partial charge in [0.25, 0.3) is 0 Å². The Morgan fingerprint density at radius 3 is 2.44 bits per heavy atom. The lowest BCUT2D eigenvalue weighted by atomic mass is 9.79. The maximum absolute atomic E-state index is 6.20. The summed E-state index contributed by atoms with van der Waals surface area (Å²) in [6.07, 6.45) is 11.8. The van der Waals surface area contributed by atoms with Gasteiger partial charge in [-0.1, -0.05) is 92.2 Å². The van der Waals surface area contributed by atoms with Crippen LogP contribution in [0.15, 0.2) is 84.9 Å². The molecule has 1 unspecified atom stereocenters. The van der Waals surface area contributed by atoms with Gasteiger partial charge in [-0.3, -0.25) is 0 Å². The molecule has 170 valence electrons. The molecule has 0 aliphatic heterocycles. The van der Waals surface area contributed by atoms with Crippen LogP contribution in [0.5, 0.6) is 5.75 Å². The Balaban J connectivity index is 1.54. The van der Waals surface area contributed by atoms with Gasteiger partial charge in [-0.25, -0.2) is 0 Å². The van der Waals surface area contributed by atoms with Crippen LogP contribution in [-0.4, -0.2) is 6.61 Å². The van der Waals surface area contributed by atoms with Gasteiger partial charge in [0.15, 0.2) is 0 Å². The molecule has 0 bridgehead atoms. The fourth-order valence-electron chi connectivity index (χ4n) is 5.91. The second-order valence-electron chi connectivity index (χ2n) is 9.71. The van der Waals surface area contributed by atoms with Crippen LogP contribution in [0.3, 0.4) is 0 Å². The zero-order valence-corrected chi connectivity index (χ0v) is 20.0. The lowest BCUT2D eigenvalue weighted by Gasteiger charge is -2.25. The van der Waals surface area contributed by atoms with Gasteiger partial charge in [-0.2, -0.15) is 0 Å². The van der Waals surface area contributed by atoms with E-state index in [-0.39, 0.29) is 0 Å². The summed E-state index contributed by atoms with van der Waals surface area (Å²) in [6, 6.07) is 26.9. The summed E-state index contributed by atoms with van der Waals surface area (Å²) >= 11 is 0. The highest BCUT2D eigenvalue weighted by Gasteiger charge is 2.27. The Bertz CT molecular complexity index is 1380. The highest BCUT2D eigenvalue weighted by Crippen LogP contribution is 2.47. The molecule has 0 saturated carbocycles. The van der Waals surface area contributed by atoms with Crippen molar-refractivity contribution >= 4 is 10.8 Å². The fraction of sp³-hybridized carbons (Fsp3) is 0.273. The van der Waals surface area contributed by atoms with Gasteiger partial charge in [-0.05, 0) is 82.5 Å². The Labute approximate surface area is 203 Å². The average Bonchev–Trinajstić information content (AvgIpc) is 3.27. The van der Waals surface area contributed by atoms with Crippen LogP contribution in [0.4, 0.5) is 0 Å². The summed E-state index contributed by atoms with van der Waals surface area (Å²) in [5.74, 6) is 1.48. The standard InChI is InChI=1S/C33H32O/c1-2-3-21-34-32-20-19-28(26-15-9-10-16-29(26)32)30-18-17-27-25-14-8-7-13-24(25)22-31(27)33(30)23-11-5-4-6-12-23/h5,7-11,13-20,23H,2-4,6,12,21-22H2,1H3. The van der Waals surface area contributed by atoms with E-state index in [0.717, 1.165) is 31.6 Å². The SMILES string of the molecule is CCCCOc1ccc(-c2ccc3c(c2C2C=CCCC2)Cc2ccccc2-3)c2ccccc12. The molecule has 2 aliphatic rings. The number of fused-ring (bicyclic) bond motifs is 4. The van der Waals surface area contributed by atoms with Crippen molar-refractivity contribution in [3.8, 4) is 28.0 Å². The van der Waals surface area contributed by atoms with E-state index in [1.807, 2.05) is 0 Å². The van der Waals surface area contributed by atoms with Gasteiger partial charge >= 0.3 is 0 Å². The second-order valence-corrected chi connectivity index (χ2v) is 9.71. The molecule has 0 radical (unpaired) electrons. The van der Waals surface area contributed by atoms with Crippen LogP contribution < -0.4 is 4.74 Å². The smallest absolute Gasteiger partial charge is 0.127 e. The van der Waals surface area contributed by atoms with Crippen LogP contribution in [0.25, 0.3) is 33.0 Å². The van der Waals surface area contributed by atoms with E-state index in [1.54, 1.807) is 0 Å². The number of benzene rings is 4. The van der Waals surface area contributed by atoms with Crippen molar-refractivity contribution in [1.29, 1.82) is 0 Å². The lowest BCUT2D eigenvalue weighted by molar-refractivity contribution is 0.313. The number of allylic oxidation sites excluding steroid dienone is 2. The minimum absolute atomic E-state index is 0.479. The number of hydrogen-bond acceptors (Lipinski definition) is 1. The Morgan fingerprint density at radius 2 is 1.59 bits per heavy atom. The minimum Gasteiger partial charge on any atom is -0.493 e. The average molecular weight is 445 g/mol. The van der Waals surface area contributed by atoms with Crippen LogP contribution in [-0.2, 0) is 6.42 Å². The molecule has 1 atom stereocenters. The molecule has 2 aliphatic carbocycles. The summed E-state index contributed by atoms with van der Waals surface area (Å²) in [7, 11) is 0. The molecule has 34 heavy (non-hydrogen) atoms. The van der Waals surface area contributed by atoms with E-state index in [1.165, 1.54) is 69.0 Å². The molecule has 1 heteroatoms. The van der Waals surface area contributed by atoms with Crippen molar-refractivity contribution in [2.75, 3.05) is 6.61 Å². The molecule has 4 aromatic carbocycles. The summed E-state index contributed by atoms with van der Waals surface area (Å²) in [4.78, 5) is 0. The predicted octanol–water partition coefficient (Wildman–Crippen LogP) is 9.08. The summed E-state index contributed by atoms with van der Waals surface area (Å²) in [5, 5.41) is 2.50. The molecule has 6 rings (SSSR count). The zero-order chi connectivity index (χ0) is 22.9. The summed E-state index contributed by atoms with van der Waals surface area (Å²) < 4.78 is 6.20. The molecule has 0 N–H and O–H groups in total. The maximum atomic E-state index is 6.20. The summed E-state index contributed by atoms with van der Waals surface area (Å²) in [5.41, 5.74) is 10.1. The Hall–Kier alpha value is -3.32. The maximum Gasteiger partial charge on any atom is 0.127 e. The predicted molar refractivity (Wildman–Crippen MR) is 144 cm³/mol. The quantitative estimate of drug-likeness (QED) is 0.187. The zero-order valence-electron chi connectivity index (χ0n) is 20.0. The van der Waals surface area contributed by atoms with Gasteiger partial charge in [0.1, 0.15) is 5.75 Å². The highest BCUT2D eigenvalue weighted by atomic mass is 16.5. The molecular formula is C33H32O. The first kappa shape index (κ1) is 21.2. The third-order valence-corrected chi connectivity index (χ3v) is 7.59. The largest absolute Gasteiger partial charge is 0.493 e. The topological polar surface area (TPSA) is 9.23 Å². The van der Waals surface area contributed by atoms with Crippen molar-refractivity contribution < 1.29 is 4.74 Å². The number of unbranched alkanes of at least 4 members (excludes halogenated alkanes) is 1. The Morgan fingerprint density at radius 1 is 0.794 bits per heavy atom. The van der Waals surface area contributed by atoms with Gasteiger partial charge < -0.3 is 4.74 Å². The van der Waals surface area contributed by atoms with Crippen molar-refractivity contribution in [2.24, 2.45) is 0 Å². The normalized spacial score (nSPS) is 16.4. The van der Waals surface area contributed by atoms with Crippen molar-refractivity contribution in [2.45, 2.75) is 51.4 Å². The third kappa shape index (κ3) is 3.64. The van der Waals surface area contributed by atoms with E-state index in [9.17, 15) is 0 Å². The van der Waals surface area contributed by atoms with Crippen LogP contribution in [0, 0.1) is 0 Å². The molecule has 0 aromatic heterocycles. The van der Waals surface area contributed by atoms with E-state index in [2.05, 4.69) is 91.9 Å². The lowest BCUT2D eigenvalue weighted by Crippen LogP contribution is -2.06. The van der Waals surface area contributed by atoms with Gasteiger partial charge in [0.2, 0.25) is 0 Å². The molecular weight excluding hydrogens is 412 g/mol. The minimum atomic E-state index is 0.479. The van der Waals surface area contributed by atoms with E-state index in [4.69, 9.17) is 4.74 Å². The first-order chi connectivity index (χ1) is 16.8. The van der Waals surface area contributed by atoms with Crippen molar-refractivity contribution in [1.82, 2.24) is 0 Å². The summed E-state index contributed by atoms with van der Waals surface area (Å²) in [6.45, 7) is 2.98. The molecule has 4 aromatic rings. The van der Waals surface area contributed by atoms with E-state index in [0.29, 0.717) is 5.92 Å². The number of ether oxygens (including phenoxy) is 1. The van der Waals surface area contributed by atoms with Gasteiger partial charge in [0.05, 0.1) is 6.61 Å². The molecule has 0 heterocycles. The molecule has 0 spiro atoms. The van der Waals surface area contributed by atoms with Crippen LogP contribution >= 0.6 is 0 Å². The Kier molecular flexibility index (Phi) is 5.71. The second kappa shape index (κ2) is 9.14. The molecule has 0 saturated heterocycles. The van der Waals surface area contributed by atoms with Gasteiger partial charge in [-0.15, -0.1) is 0 Å². The molecule has 0 amide bonds. The molecule has 1 nitrogen and oxygen atoms in total. The van der Waals surface area contributed by atoms with E-state index < -0.39 is 0 Å². The monoisotopic (exact) mass is 444 g/mol. The van der Waals surface area contributed by atoms with Crippen molar-refractivity contribution in [3.63, 3.8) is 0 Å². The molecule has 0 fully saturated rings. The van der Waals surface area contributed by atoms with Crippen molar-refractivity contribution in [3.05, 3.63) is 102 Å². The highest BCUT2D eigenvalue weighted by molar-refractivity contribution is 6.01. The van der Waals surface area contributed by atoms with Crippen LogP contribution in [0.1, 0.15) is 61.6 Å². The first-order valence-electron chi connectivity index (χ1n) is 12.9. The fourth-order valence-corrected chi connectivity index (χ4v) is 5.91. The van der Waals surface area contributed by atoms with Crippen LogP contribution in [0.2, 0.25) is 0 Å².